The number of rotatable bonds is 5. The van der Waals surface area contributed by atoms with Gasteiger partial charge in [0.2, 0.25) is 5.91 Å². The molecular weight excluding hydrogens is 266 g/mol. The maximum atomic E-state index is 11.4. The van der Waals surface area contributed by atoms with E-state index < -0.39 is 0 Å². The van der Waals surface area contributed by atoms with Crippen molar-refractivity contribution in [1.82, 2.24) is 5.43 Å². The predicted molar refractivity (Wildman–Crippen MR) is 78.0 cm³/mol. The zero-order chi connectivity index (χ0) is 15.1. The molecule has 0 bridgehead atoms. The number of carbonyl (C=O) groups excluding carboxylic acids is 1. The molecule has 0 heterocycles. The molecule has 0 aliphatic carbocycles. The fraction of sp³-hybridized carbons (Fsp3) is 0.125. The summed E-state index contributed by atoms with van der Waals surface area (Å²) in [6.07, 6.45) is 0.203. The van der Waals surface area contributed by atoms with Crippen LogP contribution in [0.5, 0.6) is 5.75 Å². The number of hydrogen-bond donors (Lipinski definition) is 2. The number of carbonyl (C=O) groups is 1. The van der Waals surface area contributed by atoms with Gasteiger partial charge in [-0.3, -0.25) is 10.2 Å². The average molecular weight is 281 g/mol. The van der Waals surface area contributed by atoms with Crippen molar-refractivity contribution in [2.45, 2.75) is 13.0 Å². The van der Waals surface area contributed by atoms with E-state index >= 15 is 0 Å². The highest BCUT2D eigenvalue weighted by Gasteiger charge is 2.07. The molecule has 0 aliphatic rings. The summed E-state index contributed by atoms with van der Waals surface area (Å²) in [6, 6.07) is 16.5. The number of nitriles is 1. The maximum Gasteiger partial charge on any atom is 0.238 e. The van der Waals surface area contributed by atoms with Gasteiger partial charge in [-0.2, -0.15) is 5.26 Å². The SMILES string of the molecule is N#Cc1cccc(OCc2ccccc2CC(=O)NN)c1. The standard InChI is InChI=1S/C16H15N3O2/c17-10-12-4-3-7-15(8-12)21-11-14-6-2-1-5-13(14)9-16(20)19-18/h1-8H,9,11,18H2,(H,19,20). The van der Waals surface area contributed by atoms with E-state index in [0.717, 1.165) is 11.1 Å². The number of nitrogens with two attached hydrogens (primary N) is 1. The minimum atomic E-state index is -0.256. The van der Waals surface area contributed by atoms with Crippen molar-refractivity contribution < 1.29 is 9.53 Å². The van der Waals surface area contributed by atoms with Crippen LogP contribution in [0.1, 0.15) is 16.7 Å². The van der Waals surface area contributed by atoms with E-state index in [1.165, 1.54) is 0 Å². The van der Waals surface area contributed by atoms with Crippen LogP contribution < -0.4 is 16.0 Å². The lowest BCUT2D eigenvalue weighted by atomic mass is 10.1. The minimum absolute atomic E-state index is 0.203. The van der Waals surface area contributed by atoms with Crippen LogP contribution >= 0.6 is 0 Å². The number of hydrazine groups is 1. The molecule has 0 saturated heterocycles. The molecule has 0 aromatic heterocycles. The Morgan fingerprint density at radius 3 is 2.67 bits per heavy atom. The fourth-order valence-electron chi connectivity index (χ4n) is 1.91. The summed E-state index contributed by atoms with van der Waals surface area (Å²) >= 11 is 0. The van der Waals surface area contributed by atoms with Crippen LogP contribution in [-0.2, 0) is 17.8 Å². The molecule has 0 spiro atoms. The smallest absolute Gasteiger partial charge is 0.238 e. The van der Waals surface area contributed by atoms with Gasteiger partial charge in [0, 0.05) is 0 Å². The normalized spacial score (nSPS) is 9.71. The van der Waals surface area contributed by atoms with Gasteiger partial charge in [0.05, 0.1) is 18.1 Å². The number of nitrogens with zero attached hydrogens (tertiary/aromatic N) is 1. The van der Waals surface area contributed by atoms with Crippen LogP contribution in [0.3, 0.4) is 0 Å². The highest BCUT2D eigenvalue weighted by Crippen LogP contribution is 2.17. The van der Waals surface area contributed by atoms with Gasteiger partial charge in [-0.1, -0.05) is 30.3 Å². The van der Waals surface area contributed by atoms with Gasteiger partial charge in [0.15, 0.2) is 0 Å². The van der Waals surface area contributed by atoms with Crippen molar-refractivity contribution in [3.63, 3.8) is 0 Å². The molecule has 0 unspecified atom stereocenters. The largest absolute Gasteiger partial charge is 0.489 e. The van der Waals surface area contributed by atoms with Crippen molar-refractivity contribution in [3.8, 4) is 11.8 Å². The van der Waals surface area contributed by atoms with Crippen molar-refractivity contribution >= 4 is 5.91 Å². The van der Waals surface area contributed by atoms with Gasteiger partial charge in [0.25, 0.3) is 0 Å². The maximum absolute atomic E-state index is 11.4. The fourth-order valence-corrected chi connectivity index (χ4v) is 1.91. The molecule has 21 heavy (non-hydrogen) atoms. The van der Waals surface area contributed by atoms with Gasteiger partial charge in [-0.15, -0.1) is 0 Å². The molecule has 2 aromatic rings. The molecule has 2 aromatic carbocycles. The first-order chi connectivity index (χ1) is 10.2. The molecule has 106 valence electrons. The van der Waals surface area contributed by atoms with Gasteiger partial charge in [0.1, 0.15) is 12.4 Å². The molecule has 1 amide bonds. The lowest BCUT2D eigenvalue weighted by Gasteiger charge is -2.10. The van der Waals surface area contributed by atoms with E-state index in [1.807, 2.05) is 24.3 Å². The molecular formula is C16H15N3O2. The third-order valence-corrected chi connectivity index (χ3v) is 2.99. The van der Waals surface area contributed by atoms with E-state index in [-0.39, 0.29) is 12.3 Å². The van der Waals surface area contributed by atoms with Crippen molar-refractivity contribution in [3.05, 3.63) is 65.2 Å². The van der Waals surface area contributed by atoms with Gasteiger partial charge in [-0.05, 0) is 29.3 Å². The summed E-state index contributed by atoms with van der Waals surface area (Å²) in [5.74, 6) is 5.47. The summed E-state index contributed by atoms with van der Waals surface area (Å²) < 4.78 is 5.68. The second-order valence-corrected chi connectivity index (χ2v) is 4.44. The third-order valence-electron chi connectivity index (χ3n) is 2.99. The highest BCUT2D eigenvalue weighted by molar-refractivity contribution is 5.78. The van der Waals surface area contributed by atoms with Crippen LogP contribution in [0, 0.1) is 11.3 Å². The molecule has 0 fully saturated rings. The third kappa shape index (κ3) is 4.06. The average Bonchev–Trinajstić information content (AvgIpc) is 2.54. The first-order valence-corrected chi connectivity index (χ1v) is 6.42. The molecule has 3 N–H and O–H groups in total. The predicted octanol–water partition coefficient (Wildman–Crippen LogP) is 1.67. The minimum Gasteiger partial charge on any atom is -0.489 e. The molecule has 5 nitrogen and oxygen atoms in total. The summed E-state index contributed by atoms with van der Waals surface area (Å²) in [5.41, 5.74) is 4.42. The Morgan fingerprint density at radius 1 is 1.19 bits per heavy atom. The Bertz CT molecular complexity index is 677. The number of benzene rings is 2. The summed E-state index contributed by atoms with van der Waals surface area (Å²) in [5, 5.41) is 8.86. The van der Waals surface area contributed by atoms with E-state index in [0.29, 0.717) is 17.9 Å². The number of ether oxygens (including phenoxy) is 1. The molecule has 0 aliphatic heterocycles. The molecule has 5 heteroatoms. The molecule has 0 saturated carbocycles. The molecule has 0 atom stereocenters. The topological polar surface area (TPSA) is 88.1 Å². The van der Waals surface area contributed by atoms with Crippen molar-refractivity contribution in [2.24, 2.45) is 5.84 Å². The van der Waals surface area contributed by atoms with Crippen LogP contribution in [0.25, 0.3) is 0 Å². The molecule has 2 rings (SSSR count). The quantitative estimate of drug-likeness (QED) is 0.495. The van der Waals surface area contributed by atoms with Gasteiger partial charge in [-0.25, -0.2) is 5.84 Å². The summed E-state index contributed by atoms with van der Waals surface area (Å²) in [7, 11) is 0. The van der Waals surface area contributed by atoms with Gasteiger partial charge >= 0.3 is 0 Å². The van der Waals surface area contributed by atoms with Crippen molar-refractivity contribution in [1.29, 1.82) is 5.26 Å². The molecule has 0 radical (unpaired) electrons. The van der Waals surface area contributed by atoms with Crippen molar-refractivity contribution in [2.75, 3.05) is 0 Å². The van der Waals surface area contributed by atoms with Crippen LogP contribution in [0.15, 0.2) is 48.5 Å². The zero-order valence-electron chi connectivity index (χ0n) is 11.4. The van der Waals surface area contributed by atoms with Crippen LogP contribution in [0.4, 0.5) is 0 Å². The Labute approximate surface area is 122 Å². The number of amides is 1. The summed E-state index contributed by atoms with van der Waals surface area (Å²) in [4.78, 5) is 11.4. The summed E-state index contributed by atoms with van der Waals surface area (Å²) in [6.45, 7) is 0.322. The Kier molecular flexibility index (Phi) is 4.91. The van der Waals surface area contributed by atoms with Crippen LogP contribution in [-0.4, -0.2) is 5.91 Å². The highest BCUT2D eigenvalue weighted by atomic mass is 16.5. The Balaban J connectivity index is 2.09. The second kappa shape index (κ2) is 7.08. The number of nitrogens with one attached hydrogen (secondary N) is 1. The lowest BCUT2D eigenvalue weighted by molar-refractivity contribution is -0.120. The van der Waals surface area contributed by atoms with Gasteiger partial charge < -0.3 is 4.74 Å². The van der Waals surface area contributed by atoms with E-state index in [2.05, 4.69) is 11.5 Å². The van der Waals surface area contributed by atoms with E-state index in [9.17, 15) is 4.79 Å². The zero-order valence-corrected chi connectivity index (χ0v) is 11.4. The second-order valence-electron chi connectivity index (χ2n) is 4.44. The van der Waals surface area contributed by atoms with Crippen LogP contribution in [0.2, 0.25) is 0 Å². The van der Waals surface area contributed by atoms with E-state index in [1.54, 1.807) is 24.3 Å². The Hall–Kier alpha value is -2.84. The first-order valence-electron chi connectivity index (χ1n) is 6.42. The number of hydrogen-bond acceptors (Lipinski definition) is 4. The lowest BCUT2D eigenvalue weighted by Crippen LogP contribution is -2.31. The monoisotopic (exact) mass is 281 g/mol. The van der Waals surface area contributed by atoms with E-state index in [4.69, 9.17) is 15.8 Å². The Morgan fingerprint density at radius 2 is 1.95 bits per heavy atom. The first kappa shape index (κ1) is 14.6.